The van der Waals surface area contributed by atoms with Gasteiger partial charge in [-0.05, 0) is 25.1 Å². The zero-order chi connectivity index (χ0) is 11.8. The molecule has 0 unspecified atom stereocenters. The van der Waals surface area contributed by atoms with Crippen molar-refractivity contribution in [2.75, 3.05) is 6.61 Å². The lowest BCUT2D eigenvalue weighted by atomic mass is 10.4. The van der Waals surface area contributed by atoms with Gasteiger partial charge >= 0.3 is 0 Å². The topological polar surface area (TPSA) is 59.4 Å². The van der Waals surface area contributed by atoms with Crippen LogP contribution in [-0.4, -0.2) is 21.0 Å². The van der Waals surface area contributed by atoms with Gasteiger partial charge in [0.15, 0.2) is 5.65 Å². The Balaban J connectivity index is 2.40. The fraction of sp³-hybridized carbons (Fsp3) is 0.167. The Hall–Kier alpha value is -2.30. The number of nitrogens with zero attached hydrogens (tertiary/aromatic N) is 2. The zero-order valence-corrected chi connectivity index (χ0v) is 9.30. The fourth-order valence-electron chi connectivity index (χ4n) is 1.88. The Kier molecular flexibility index (Phi) is 2.11. The number of pyridine rings is 1. The quantitative estimate of drug-likeness (QED) is 0.725. The van der Waals surface area contributed by atoms with E-state index < -0.39 is 0 Å². The van der Waals surface area contributed by atoms with Crippen molar-refractivity contribution < 1.29 is 4.74 Å². The van der Waals surface area contributed by atoms with Crippen molar-refractivity contribution in [1.29, 1.82) is 0 Å². The molecule has 17 heavy (non-hydrogen) atoms. The summed E-state index contributed by atoms with van der Waals surface area (Å²) in [6.07, 6.45) is 1.82. The summed E-state index contributed by atoms with van der Waals surface area (Å²) < 4.78 is 7.11. The van der Waals surface area contributed by atoms with Crippen LogP contribution in [0.5, 0.6) is 5.88 Å². The van der Waals surface area contributed by atoms with Gasteiger partial charge in [0.1, 0.15) is 5.52 Å². The minimum absolute atomic E-state index is 0.117. The molecule has 5 heteroatoms. The maximum absolute atomic E-state index is 11.7. The SMILES string of the molecule is CCOc1ccc2[nH]c(=O)c3cccn3c2n1. The third-order valence-electron chi connectivity index (χ3n) is 2.60. The Labute approximate surface area is 96.7 Å². The summed E-state index contributed by atoms with van der Waals surface area (Å²) in [5, 5.41) is 0. The number of fused-ring (bicyclic) bond motifs is 3. The van der Waals surface area contributed by atoms with Crippen molar-refractivity contribution >= 4 is 16.7 Å². The smallest absolute Gasteiger partial charge is 0.272 e. The first-order valence-electron chi connectivity index (χ1n) is 5.42. The van der Waals surface area contributed by atoms with Crippen LogP contribution >= 0.6 is 0 Å². The van der Waals surface area contributed by atoms with Crippen LogP contribution in [0.2, 0.25) is 0 Å². The molecule has 0 spiro atoms. The first-order chi connectivity index (χ1) is 8.29. The molecule has 3 aromatic rings. The highest BCUT2D eigenvalue weighted by molar-refractivity contribution is 5.74. The van der Waals surface area contributed by atoms with Gasteiger partial charge < -0.3 is 9.72 Å². The van der Waals surface area contributed by atoms with E-state index in [4.69, 9.17) is 4.74 Å². The molecule has 0 saturated heterocycles. The molecule has 0 aliphatic rings. The van der Waals surface area contributed by atoms with Crippen molar-refractivity contribution in [1.82, 2.24) is 14.4 Å². The molecule has 3 aromatic heterocycles. The first-order valence-corrected chi connectivity index (χ1v) is 5.42. The predicted octanol–water partition coefficient (Wildman–Crippen LogP) is 1.57. The van der Waals surface area contributed by atoms with Crippen molar-refractivity contribution in [2.24, 2.45) is 0 Å². The normalized spacial score (nSPS) is 11.1. The highest BCUT2D eigenvalue weighted by Crippen LogP contribution is 2.15. The Morgan fingerprint density at radius 2 is 2.29 bits per heavy atom. The average molecular weight is 229 g/mol. The molecule has 0 aromatic carbocycles. The minimum atomic E-state index is -0.117. The third-order valence-corrected chi connectivity index (χ3v) is 2.60. The summed E-state index contributed by atoms with van der Waals surface area (Å²) >= 11 is 0. The molecule has 0 bridgehead atoms. The number of aromatic nitrogens is 3. The van der Waals surface area contributed by atoms with Crippen LogP contribution in [0.25, 0.3) is 16.7 Å². The van der Waals surface area contributed by atoms with Gasteiger partial charge in [-0.2, -0.15) is 4.98 Å². The van der Waals surface area contributed by atoms with Crippen LogP contribution < -0.4 is 10.3 Å². The highest BCUT2D eigenvalue weighted by Gasteiger charge is 2.06. The van der Waals surface area contributed by atoms with E-state index in [1.807, 2.05) is 19.2 Å². The fourth-order valence-corrected chi connectivity index (χ4v) is 1.88. The maximum Gasteiger partial charge on any atom is 0.272 e. The van der Waals surface area contributed by atoms with Crippen molar-refractivity contribution in [3.8, 4) is 5.88 Å². The summed E-state index contributed by atoms with van der Waals surface area (Å²) in [5.41, 5.74) is 1.85. The average Bonchev–Trinajstić information content (AvgIpc) is 2.80. The minimum Gasteiger partial charge on any atom is -0.478 e. The molecule has 5 nitrogen and oxygen atoms in total. The lowest BCUT2D eigenvalue weighted by Crippen LogP contribution is -2.10. The molecule has 86 valence electrons. The molecule has 0 atom stereocenters. The molecule has 0 amide bonds. The number of H-pyrrole nitrogens is 1. The van der Waals surface area contributed by atoms with Crippen LogP contribution in [0.1, 0.15) is 6.92 Å². The standard InChI is InChI=1S/C12H11N3O2/c1-2-17-10-6-5-8-11(14-10)15-7-3-4-9(15)12(16)13-8/h3-7H,2H2,1H3,(H,13,16). The molecule has 0 fully saturated rings. The lowest BCUT2D eigenvalue weighted by Gasteiger charge is -2.05. The van der Waals surface area contributed by atoms with E-state index in [-0.39, 0.29) is 5.56 Å². The van der Waals surface area contributed by atoms with E-state index in [2.05, 4.69) is 9.97 Å². The second-order valence-electron chi connectivity index (χ2n) is 3.67. The van der Waals surface area contributed by atoms with Crippen LogP contribution in [-0.2, 0) is 0 Å². The number of rotatable bonds is 2. The summed E-state index contributed by atoms with van der Waals surface area (Å²) in [4.78, 5) is 18.9. The van der Waals surface area contributed by atoms with Gasteiger partial charge in [0.2, 0.25) is 5.88 Å². The zero-order valence-electron chi connectivity index (χ0n) is 9.30. The maximum atomic E-state index is 11.7. The molecule has 1 N–H and O–H groups in total. The van der Waals surface area contributed by atoms with Crippen LogP contribution in [0.4, 0.5) is 0 Å². The van der Waals surface area contributed by atoms with Gasteiger partial charge in [0.05, 0.1) is 12.1 Å². The number of hydrogen-bond acceptors (Lipinski definition) is 3. The van der Waals surface area contributed by atoms with E-state index in [1.165, 1.54) is 0 Å². The summed E-state index contributed by atoms with van der Waals surface area (Å²) in [6, 6.07) is 7.12. The Bertz CT molecular complexity index is 742. The lowest BCUT2D eigenvalue weighted by molar-refractivity contribution is 0.328. The van der Waals surface area contributed by atoms with Gasteiger partial charge in [-0.3, -0.25) is 9.20 Å². The molecule has 0 radical (unpaired) electrons. The molecule has 3 rings (SSSR count). The number of nitrogens with one attached hydrogen (secondary N) is 1. The number of hydrogen-bond donors (Lipinski definition) is 1. The molecule has 0 saturated carbocycles. The van der Waals surface area contributed by atoms with Crippen molar-refractivity contribution in [2.45, 2.75) is 6.92 Å². The molecule has 3 heterocycles. The largest absolute Gasteiger partial charge is 0.478 e. The first kappa shape index (κ1) is 9.89. The summed E-state index contributed by atoms with van der Waals surface area (Å²) in [6.45, 7) is 2.47. The van der Waals surface area contributed by atoms with Gasteiger partial charge in [0, 0.05) is 12.3 Å². The van der Waals surface area contributed by atoms with Gasteiger partial charge in [0.25, 0.3) is 5.56 Å². The molecular formula is C12H11N3O2. The second kappa shape index (κ2) is 3.62. The van der Waals surface area contributed by atoms with Crippen molar-refractivity contribution in [3.63, 3.8) is 0 Å². The van der Waals surface area contributed by atoms with E-state index in [0.717, 1.165) is 0 Å². The summed E-state index contributed by atoms with van der Waals surface area (Å²) in [5.74, 6) is 0.557. The molecular weight excluding hydrogens is 218 g/mol. The predicted molar refractivity (Wildman–Crippen MR) is 64.5 cm³/mol. The second-order valence-corrected chi connectivity index (χ2v) is 3.67. The van der Waals surface area contributed by atoms with Gasteiger partial charge in [-0.1, -0.05) is 0 Å². The van der Waals surface area contributed by atoms with E-state index in [1.54, 1.807) is 22.6 Å². The highest BCUT2D eigenvalue weighted by atomic mass is 16.5. The third kappa shape index (κ3) is 1.47. The Morgan fingerprint density at radius 3 is 3.12 bits per heavy atom. The Morgan fingerprint density at radius 1 is 1.41 bits per heavy atom. The molecule has 0 aliphatic carbocycles. The number of aromatic amines is 1. The van der Waals surface area contributed by atoms with E-state index in [0.29, 0.717) is 29.2 Å². The summed E-state index contributed by atoms with van der Waals surface area (Å²) in [7, 11) is 0. The monoisotopic (exact) mass is 229 g/mol. The van der Waals surface area contributed by atoms with Crippen LogP contribution in [0.3, 0.4) is 0 Å². The van der Waals surface area contributed by atoms with Crippen LogP contribution in [0.15, 0.2) is 35.3 Å². The van der Waals surface area contributed by atoms with E-state index >= 15 is 0 Å². The van der Waals surface area contributed by atoms with Crippen molar-refractivity contribution in [3.05, 3.63) is 40.8 Å². The molecule has 0 aliphatic heterocycles. The van der Waals surface area contributed by atoms with Gasteiger partial charge in [-0.25, -0.2) is 0 Å². The van der Waals surface area contributed by atoms with Crippen LogP contribution in [0, 0.1) is 0 Å². The van der Waals surface area contributed by atoms with Gasteiger partial charge in [-0.15, -0.1) is 0 Å². The number of ether oxygens (including phenoxy) is 1. The van der Waals surface area contributed by atoms with E-state index in [9.17, 15) is 4.79 Å².